The highest BCUT2D eigenvalue weighted by Crippen LogP contribution is 2.39. The zero-order valence-electron chi connectivity index (χ0n) is 23.4. The molecule has 0 saturated heterocycles. The lowest BCUT2D eigenvalue weighted by molar-refractivity contribution is 0.289. The average Bonchev–Trinajstić information content (AvgIpc) is 3.19. The van der Waals surface area contributed by atoms with Gasteiger partial charge in [0.1, 0.15) is 5.82 Å². The smallest absolute Gasteiger partial charge is 0.128 e. The first kappa shape index (κ1) is 28.0. The molecule has 0 saturated carbocycles. The Kier molecular flexibility index (Phi) is 10.2. The maximum Gasteiger partial charge on any atom is 0.128 e. The topological polar surface area (TPSA) is 42.2 Å². The van der Waals surface area contributed by atoms with Gasteiger partial charge in [0, 0.05) is 19.3 Å². The quantitative estimate of drug-likeness (QED) is 0.186. The van der Waals surface area contributed by atoms with Crippen molar-refractivity contribution in [2.24, 2.45) is 29.3 Å². The summed E-state index contributed by atoms with van der Waals surface area (Å²) in [7, 11) is 2.09. The van der Waals surface area contributed by atoms with E-state index in [9.17, 15) is 0 Å². The lowest BCUT2D eigenvalue weighted by Gasteiger charge is -2.33. The second kappa shape index (κ2) is 13.1. The summed E-state index contributed by atoms with van der Waals surface area (Å²) >= 11 is 0. The molecule has 1 N–H and O–H groups in total. The molecule has 1 aliphatic carbocycles. The van der Waals surface area contributed by atoms with E-state index in [1.807, 2.05) is 0 Å². The minimum Gasteiger partial charge on any atom is -0.370 e. The first-order valence-corrected chi connectivity index (χ1v) is 13.8. The summed E-state index contributed by atoms with van der Waals surface area (Å²) in [4.78, 5) is 4.12. The molecule has 4 heteroatoms. The monoisotopic (exact) mass is 488 g/mol. The minimum absolute atomic E-state index is 0.281. The second-order valence-electron chi connectivity index (χ2n) is 11.6. The van der Waals surface area contributed by atoms with Crippen LogP contribution in [0.1, 0.15) is 84.0 Å². The lowest BCUT2D eigenvalue weighted by atomic mass is 9.72. The number of rotatable bonds is 12. The summed E-state index contributed by atoms with van der Waals surface area (Å²) in [5, 5.41) is 8.24. The van der Waals surface area contributed by atoms with E-state index in [1.165, 1.54) is 47.4 Å². The Morgan fingerprint density at radius 1 is 1.31 bits per heavy atom. The van der Waals surface area contributed by atoms with Crippen molar-refractivity contribution >= 4 is 6.72 Å². The maximum atomic E-state index is 4.91. The summed E-state index contributed by atoms with van der Waals surface area (Å²) < 4.78 is 2.09. The van der Waals surface area contributed by atoms with Crippen LogP contribution in [0.3, 0.4) is 0 Å². The molecule has 0 amide bonds. The normalized spacial score (nSPS) is 19.6. The average molecular weight is 489 g/mol. The van der Waals surface area contributed by atoms with Crippen molar-refractivity contribution in [2.45, 2.75) is 85.5 Å². The summed E-state index contributed by atoms with van der Waals surface area (Å²) in [5.41, 5.74) is 7.03. The predicted molar refractivity (Wildman–Crippen MR) is 155 cm³/mol. The zero-order valence-corrected chi connectivity index (χ0v) is 23.4. The van der Waals surface area contributed by atoms with Crippen LogP contribution in [0.15, 0.2) is 70.6 Å². The van der Waals surface area contributed by atoms with Crippen molar-refractivity contribution in [3.05, 3.63) is 77.0 Å². The Morgan fingerprint density at radius 2 is 2.11 bits per heavy atom. The summed E-state index contributed by atoms with van der Waals surface area (Å²) in [6, 6.07) is 2.33. The van der Waals surface area contributed by atoms with Gasteiger partial charge < -0.3 is 5.32 Å². The molecule has 1 aromatic heterocycles. The second-order valence-corrected chi connectivity index (χ2v) is 11.6. The van der Waals surface area contributed by atoms with Gasteiger partial charge in [0.25, 0.3) is 0 Å². The van der Waals surface area contributed by atoms with E-state index in [4.69, 9.17) is 5.10 Å². The molecule has 36 heavy (non-hydrogen) atoms. The summed E-state index contributed by atoms with van der Waals surface area (Å²) in [5.74, 6) is 1.98. The number of hydrogen-bond acceptors (Lipinski definition) is 3. The predicted octanol–water partition coefficient (Wildman–Crippen LogP) is 7.66. The van der Waals surface area contributed by atoms with Crippen LogP contribution >= 0.6 is 0 Å². The minimum atomic E-state index is 0.281. The number of aryl methyl sites for hydroxylation is 2. The molecule has 2 unspecified atom stereocenters. The number of hydrogen-bond donors (Lipinski definition) is 1. The first-order valence-electron chi connectivity index (χ1n) is 13.8. The maximum absolute atomic E-state index is 4.91. The molecule has 3 rings (SSSR count). The Hall–Kier alpha value is -2.62. The number of unbranched alkanes of at least 4 members (excludes halogenated alkanes) is 2. The third kappa shape index (κ3) is 7.69. The molecule has 196 valence electrons. The number of allylic oxidation sites excluding steroid dienone is 8. The molecule has 2 aliphatic rings. The van der Waals surface area contributed by atoms with E-state index in [0.29, 0.717) is 11.8 Å². The van der Waals surface area contributed by atoms with Gasteiger partial charge in [-0.2, -0.15) is 5.10 Å². The van der Waals surface area contributed by atoms with Crippen LogP contribution in [0.5, 0.6) is 0 Å². The lowest BCUT2D eigenvalue weighted by Crippen LogP contribution is -2.22. The molecular formula is C32H48N4. The van der Waals surface area contributed by atoms with Gasteiger partial charge in [-0.05, 0) is 106 Å². The largest absolute Gasteiger partial charge is 0.370 e. The highest BCUT2D eigenvalue weighted by atomic mass is 15.3. The van der Waals surface area contributed by atoms with Gasteiger partial charge in [0.2, 0.25) is 0 Å². The molecule has 0 bridgehead atoms. The Balaban J connectivity index is 1.57. The highest BCUT2D eigenvalue weighted by molar-refractivity contribution is 5.37. The zero-order chi connectivity index (χ0) is 26.1. The molecule has 1 aromatic rings. The van der Waals surface area contributed by atoms with Gasteiger partial charge in [0.05, 0.1) is 5.69 Å². The van der Waals surface area contributed by atoms with Crippen LogP contribution in [0.2, 0.25) is 0 Å². The van der Waals surface area contributed by atoms with E-state index < -0.39 is 0 Å². The molecule has 0 fully saturated rings. The van der Waals surface area contributed by atoms with Crippen molar-refractivity contribution in [3.8, 4) is 0 Å². The van der Waals surface area contributed by atoms with Crippen molar-refractivity contribution < 1.29 is 0 Å². The van der Waals surface area contributed by atoms with Crippen molar-refractivity contribution in [2.75, 3.05) is 6.54 Å². The standard InChI is InChI=1S/C32H48N4/c1-8-14-26(30-22-27(32(3,4)5)19-18-24(30)2)21-28-23-29(36(7)35-28)17-12-10-9-11-15-25-16-13-20-34-31(25)33-6/h8,11,15,18,22-23,26-27,34H,1,6,9-10,12-14,16-17,19-21H2,2-5,7H3/b15-11-. The molecule has 0 spiro atoms. The fourth-order valence-electron chi connectivity index (χ4n) is 5.41. The molecule has 0 aromatic carbocycles. The van der Waals surface area contributed by atoms with Gasteiger partial charge in [-0.15, -0.1) is 6.58 Å². The van der Waals surface area contributed by atoms with Gasteiger partial charge in [-0.25, -0.2) is 4.99 Å². The highest BCUT2D eigenvalue weighted by Gasteiger charge is 2.28. The fourth-order valence-corrected chi connectivity index (χ4v) is 5.41. The Bertz CT molecular complexity index is 1030. The molecule has 1 aliphatic heterocycles. The summed E-state index contributed by atoms with van der Waals surface area (Å²) in [6.45, 7) is 18.1. The number of nitrogens with zero attached hydrogens (tertiary/aromatic N) is 3. The van der Waals surface area contributed by atoms with E-state index in [0.717, 1.165) is 50.9 Å². The van der Waals surface area contributed by atoms with Crippen LogP contribution in [-0.4, -0.2) is 23.0 Å². The van der Waals surface area contributed by atoms with Crippen molar-refractivity contribution in [1.29, 1.82) is 0 Å². The van der Waals surface area contributed by atoms with Crippen LogP contribution in [0, 0.1) is 17.3 Å². The molecular weight excluding hydrogens is 440 g/mol. The SMILES string of the molecule is C=CCC(Cc1cc(CCCC/C=C\C2=C(N=C)NCCC2)n(C)n1)C1=CC(C(C)(C)C)CC=C1C. The molecule has 2 heterocycles. The van der Waals surface area contributed by atoms with Crippen LogP contribution in [0.4, 0.5) is 0 Å². The number of aliphatic imine (C=N–C) groups is 1. The van der Waals surface area contributed by atoms with Gasteiger partial charge in [-0.3, -0.25) is 4.68 Å². The van der Waals surface area contributed by atoms with Gasteiger partial charge >= 0.3 is 0 Å². The van der Waals surface area contributed by atoms with Gasteiger partial charge in [0.15, 0.2) is 0 Å². The summed E-state index contributed by atoms with van der Waals surface area (Å²) in [6.07, 6.45) is 21.5. The van der Waals surface area contributed by atoms with E-state index in [2.05, 4.69) is 99.5 Å². The molecule has 0 radical (unpaired) electrons. The third-order valence-corrected chi connectivity index (χ3v) is 7.75. The number of nitrogens with one attached hydrogen (secondary N) is 1. The van der Waals surface area contributed by atoms with Gasteiger partial charge in [-0.1, -0.05) is 56.7 Å². The van der Waals surface area contributed by atoms with E-state index >= 15 is 0 Å². The van der Waals surface area contributed by atoms with Crippen molar-refractivity contribution in [1.82, 2.24) is 15.1 Å². The fraction of sp³-hybridized carbons (Fsp3) is 0.562. The first-order chi connectivity index (χ1) is 17.2. The van der Waals surface area contributed by atoms with E-state index in [1.54, 1.807) is 0 Å². The Labute approximate surface area is 220 Å². The Morgan fingerprint density at radius 3 is 2.83 bits per heavy atom. The molecule has 4 nitrogen and oxygen atoms in total. The molecule has 2 atom stereocenters. The number of aromatic nitrogens is 2. The van der Waals surface area contributed by atoms with E-state index in [-0.39, 0.29) is 5.41 Å². The van der Waals surface area contributed by atoms with Crippen LogP contribution in [0.25, 0.3) is 0 Å². The third-order valence-electron chi connectivity index (χ3n) is 7.75. The van der Waals surface area contributed by atoms with Crippen LogP contribution in [-0.2, 0) is 19.9 Å². The van der Waals surface area contributed by atoms with Crippen molar-refractivity contribution in [3.63, 3.8) is 0 Å². The van der Waals surface area contributed by atoms with Crippen LogP contribution < -0.4 is 5.32 Å².